The lowest BCUT2D eigenvalue weighted by molar-refractivity contribution is 0.0638. The van der Waals surface area contributed by atoms with E-state index in [1.807, 2.05) is 18.2 Å². The van der Waals surface area contributed by atoms with Crippen molar-refractivity contribution >= 4 is 21.6 Å². The lowest BCUT2D eigenvalue weighted by atomic mass is 10.1. The molecule has 2 heterocycles. The third-order valence-electron chi connectivity index (χ3n) is 5.04. The first-order chi connectivity index (χ1) is 13.1. The second kappa shape index (κ2) is 7.97. The highest BCUT2D eigenvalue weighted by molar-refractivity contribution is 7.18. The van der Waals surface area contributed by atoms with Gasteiger partial charge >= 0.3 is 0 Å². The number of β-amino-alcohol motifs (C(OH)–C–C–N with tert-alkyl or cyclic N) is 1. The lowest BCUT2D eigenvalue weighted by Gasteiger charge is -2.25. The Morgan fingerprint density at radius 3 is 2.78 bits per heavy atom. The van der Waals surface area contributed by atoms with Crippen LogP contribution in [0.25, 0.3) is 10.2 Å². The molecule has 4 rings (SSSR count). The summed E-state index contributed by atoms with van der Waals surface area (Å²) in [6, 6.07) is 14.7. The summed E-state index contributed by atoms with van der Waals surface area (Å²) in [6.45, 7) is 6.05. The van der Waals surface area contributed by atoms with Crippen molar-refractivity contribution in [2.75, 3.05) is 19.7 Å². The van der Waals surface area contributed by atoms with Gasteiger partial charge in [0.1, 0.15) is 23.5 Å². The van der Waals surface area contributed by atoms with Gasteiger partial charge in [-0.2, -0.15) is 0 Å². The van der Waals surface area contributed by atoms with Gasteiger partial charge in [-0.3, -0.25) is 4.90 Å². The van der Waals surface area contributed by atoms with E-state index in [0.29, 0.717) is 19.2 Å². The lowest BCUT2D eigenvalue weighted by Crippen LogP contribution is -2.35. The summed E-state index contributed by atoms with van der Waals surface area (Å²) < 4.78 is 7.07. The number of fused-ring (bicyclic) bond motifs is 1. The second-order valence-corrected chi connectivity index (χ2v) is 8.52. The van der Waals surface area contributed by atoms with Crippen molar-refractivity contribution in [2.24, 2.45) is 0 Å². The Hall–Kier alpha value is -1.95. The molecule has 0 saturated carbocycles. The van der Waals surface area contributed by atoms with Gasteiger partial charge in [-0.1, -0.05) is 18.2 Å². The number of hydrogen-bond acceptors (Lipinski definition) is 5. The van der Waals surface area contributed by atoms with Crippen molar-refractivity contribution < 1.29 is 9.84 Å². The number of likely N-dealkylation sites (tertiary alicyclic amines) is 1. The van der Waals surface area contributed by atoms with Crippen LogP contribution in [0.5, 0.6) is 5.75 Å². The molecule has 0 aliphatic carbocycles. The number of thiazole rings is 1. The van der Waals surface area contributed by atoms with Crippen LogP contribution in [-0.2, 0) is 0 Å². The molecule has 1 N–H and O–H groups in total. The van der Waals surface area contributed by atoms with Crippen molar-refractivity contribution in [1.29, 1.82) is 0 Å². The number of benzene rings is 2. The fraction of sp³-hybridized carbons (Fsp3) is 0.409. The van der Waals surface area contributed by atoms with Crippen LogP contribution in [0.4, 0.5) is 0 Å². The summed E-state index contributed by atoms with van der Waals surface area (Å²) >= 11 is 1.77. The van der Waals surface area contributed by atoms with Gasteiger partial charge in [0.15, 0.2) is 0 Å². The summed E-state index contributed by atoms with van der Waals surface area (Å²) in [7, 11) is 0. The first-order valence-corrected chi connectivity index (χ1v) is 10.4. The first kappa shape index (κ1) is 18.4. The minimum Gasteiger partial charge on any atom is -0.491 e. The zero-order valence-corrected chi connectivity index (χ0v) is 16.7. The minimum absolute atomic E-state index is 0.304. The molecule has 2 aromatic carbocycles. The summed E-state index contributed by atoms with van der Waals surface area (Å²) in [5.41, 5.74) is 3.42. The molecule has 1 aliphatic rings. The number of nitrogens with zero attached hydrogens (tertiary/aromatic N) is 2. The molecule has 27 heavy (non-hydrogen) atoms. The maximum Gasteiger partial charge on any atom is 0.119 e. The van der Waals surface area contributed by atoms with Gasteiger partial charge in [-0.25, -0.2) is 4.98 Å². The number of aliphatic hydroxyl groups excluding tert-OH is 1. The molecule has 142 valence electrons. The van der Waals surface area contributed by atoms with Gasteiger partial charge in [0, 0.05) is 6.54 Å². The molecule has 2 atom stereocenters. The average Bonchev–Trinajstić information content (AvgIpc) is 3.25. The normalized spacial score (nSPS) is 18.9. The Kier molecular flexibility index (Phi) is 5.43. The zero-order valence-electron chi connectivity index (χ0n) is 15.9. The number of aliphatic hydroxyl groups is 1. The van der Waals surface area contributed by atoms with E-state index in [1.54, 1.807) is 11.3 Å². The van der Waals surface area contributed by atoms with Crippen LogP contribution in [0.15, 0.2) is 42.5 Å². The highest BCUT2D eigenvalue weighted by Crippen LogP contribution is 2.36. The van der Waals surface area contributed by atoms with Crippen molar-refractivity contribution in [3.63, 3.8) is 0 Å². The maximum absolute atomic E-state index is 10.5. The predicted octanol–water partition coefficient (Wildman–Crippen LogP) is 4.49. The number of para-hydroxylation sites is 1. The molecule has 3 aromatic rings. The van der Waals surface area contributed by atoms with Crippen LogP contribution in [-0.4, -0.2) is 40.8 Å². The monoisotopic (exact) mass is 382 g/mol. The number of aryl methyl sites for hydroxylation is 2. The molecule has 0 amide bonds. The number of rotatable bonds is 6. The maximum atomic E-state index is 10.5. The van der Waals surface area contributed by atoms with Crippen molar-refractivity contribution in [3.8, 4) is 5.75 Å². The van der Waals surface area contributed by atoms with E-state index in [9.17, 15) is 5.11 Å². The van der Waals surface area contributed by atoms with Crippen LogP contribution >= 0.6 is 11.3 Å². The summed E-state index contributed by atoms with van der Waals surface area (Å²) in [5.74, 6) is 0.829. The highest BCUT2D eigenvalue weighted by Gasteiger charge is 2.30. The standard InChI is InChI=1S/C22H26N2O2S/c1-15-10-16(2)12-18(11-15)26-14-17(25)13-24-9-5-7-20(24)22-23-19-6-3-4-8-21(19)27-22/h3-4,6,8,10-12,17,20,25H,5,7,9,13-14H2,1-2H3. The minimum atomic E-state index is -0.513. The molecule has 0 spiro atoms. The third kappa shape index (κ3) is 4.32. The molecule has 2 unspecified atom stereocenters. The molecule has 4 nitrogen and oxygen atoms in total. The Balaban J connectivity index is 1.38. The fourth-order valence-corrected chi connectivity index (χ4v) is 5.03. The van der Waals surface area contributed by atoms with E-state index in [4.69, 9.17) is 9.72 Å². The topological polar surface area (TPSA) is 45.6 Å². The quantitative estimate of drug-likeness (QED) is 0.682. The summed E-state index contributed by atoms with van der Waals surface area (Å²) in [4.78, 5) is 7.18. The first-order valence-electron chi connectivity index (χ1n) is 9.57. The van der Waals surface area contributed by atoms with Gasteiger partial charge in [-0.05, 0) is 68.6 Å². The average molecular weight is 383 g/mol. The summed E-state index contributed by atoms with van der Waals surface area (Å²) in [6.07, 6.45) is 1.73. The Labute approximate surface area is 164 Å². The van der Waals surface area contributed by atoms with Crippen LogP contribution in [0.1, 0.15) is 35.0 Å². The Morgan fingerprint density at radius 2 is 2.00 bits per heavy atom. The largest absolute Gasteiger partial charge is 0.491 e. The SMILES string of the molecule is Cc1cc(C)cc(OCC(O)CN2CCCC2c2nc3ccccc3s2)c1. The summed E-state index contributed by atoms with van der Waals surface area (Å²) in [5, 5.41) is 11.7. The van der Waals surface area contributed by atoms with Gasteiger partial charge in [0.05, 0.1) is 16.3 Å². The molecule has 0 bridgehead atoms. The Morgan fingerprint density at radius 1 is 1.22 bits per heavy atom. The van der Waals surface area contributed by atoms with Crippen molar-refractivity contribution in [3.05, 3.63) is 58.6 Å². The van der Waals surface area contributed by atoms with Gasteiger partial charge in [-0.15, -0.1) is 11.3 Å². The molecule has 1 aromatic heterocycles. The van der Waals surface area contributed by atoms with E-state index < -0.39 is 6.10 Å². The fourth-order valence-electron chi connectivity index (χ4n) is 3.89. The number of ether oxygens (including phenoxy) is 1. The zero-order chi connectivity index (χ0) is 18.8. The molecular formula is C22H26N2O2S. The molecule has 1 saturated heterocycles. The smallest absolute Gasteiger partial charge is 0.119 e. The number of hydrogen-bond donors (Lipinski definition) is 1. The molecule has 1 aliphatic heterocycles. The van der Waals surface area contributed by atoms with E-state index in [-0.39, 0.29) is 0 Å². The van der Waals surface area contributed by atoms with Crippen LogP contribution < -0.4 is 4.74 Å². The van der Waals surface area contributed by atoms with Crippen LogP contribution in [0.3, 0.4) is 0 Å². The Bertz CT molecular complexity index is 870. The molecule has 1 fully saturated rings. The van der Waals surface area contributed by atoms with E-state index >= 15 is 0 Å². The molecule has 0 radical (unpaired) electrons. The number of aromatic nitrogens is 1. The van der Waals surface area contributed by atoms with Crippen LogP contribution in [0.2, 0.25) is 0 Å². The second-order valence-electron chi connectivity index (χ2n) is 7.46. The van der Waals surface area contributed by atoms with E-state index in [2.05, 4.69) is 43.0 Å². The van der Waals surface area contributed by atoms with Gasteiger partial charge < -0.3 is 9.84 Å². The van der Waals surface area contributed by atoms with E-state index in [1.165, 1.54) is 15.8 Å². The van der Waals surface area contributed by atoms with Crippen molar-refractivity contribution in [1.82, 2.24) is 9.88 Å². The van der Waals surface area contributed by atoms with E-state index in [0.717, 1.165) is 35.7 Å². The molecular weight excluding hydrogens is 356 g/mol. The van der Waals surface area contributed by atoms with Gasteiger partial charge in [0.25, 0.3) is 0 Å². The third-order valence-corrected chi connectivity index (χ3v) is 6.18. The predicted molar refractivity (Wildman–Crippen MR) is 111 cm³/mol. The van der Waals surface area contributed by atoms with Crippen molar-refractivity contribution in [2.45, 2.75) is 38.8 Å². The highest BCUT2D eigenvalue weighted by atomic mass is 32.1. The van der Waals surface area contributed by atoms with Gasteiger partial charge in [0.2, 0.25) is 0 Å². The molecule has 5 heteroatoms. The van der Waals surface area contributed by atoms with Crippen LogP contribution in [0, 0.1) is 13.8 Å².